The van der Waals surface area contributed by atoms with E-state index in [4.69, 9.17) is 14.2 Å². The predicted molar refractivity (Wildman–Crippen MR) is 257 cm³/mol. The van der Waals surface area contributed by atoms with Gasteiger partial charge in [0, 0.05) is 79.1 Å². The lowest BCUT2D eigenvalue weighted by atomic mass is 9.73. The highest BCUT2D eigenvalue weighted by atomic mass is 32.2. The third-order valence-electron chi connectivity index (χ3n) is 12.7. The van der Waals surface area contributed by atoms with Crippen molar-refractivity contribution in [2.75, 3.05) is 69.3 Å². The summed E-state index contributed by atoms with van der Waals surface area (Å²) in [5.41, 5.74) is 5.78. The second-order valence-electron chi connectivity index (χ2n) is 18.0. The van der Waals surface area contributed by atoms with Gasteiger partial charge in [-0.25, -0.2) is 26.9 Å². The number of halogens is 2. The number of amides is 1. The number of benzene rings is 3. The van der Waals surface area contributed by atoms with Gasteiger partial charge in [0.1, 0.15) is 22.8 Å². The summed E-state index contributed by atoms with van der Waals surface area (Å²) in [5.74, 6) is -0.579. The minimum absolute atomic E-state index is 0.0100. The standard InChI is InChI=1S/C49H51F2N7O8S2/c1-49(2)13-11-34(41(25-49)45-22-35(30-67-45)31-3-5-32(6-4-31)46(50)51)28-56-15-17-57(18-16-56)36-7-9-40(44(23-36)66-37-21-33-12-14-52-47(33)54-26-37)48(59)55-68(62,63)39-8-10-42(43(24-39)58(60)61)53-27-38-29-64-19-20-65-38/h3-10,12,14,21-24,26,30,38,46,53H,11,13,15-20,25,27-29H2,1-2H3,(H,52,54)(H,55,59). The van der Waals surface area contributed by atoms with Crippen molar-refractivity contribution < 1.29 is 41.1 Å². The van der Waals surface area contributed by atoms with Crippen LogP contribution in [0.4, 0.5) is 25.8 Å². The zero-order chi connectivity index (χ0) is 47.6. The number of piperazine rings is 1. The van der Waals surface area contributed by atoms with Crippen molar-refractivity contribution in [1.82, 2.24) is 19.6 Å². The van der Waals surface area contributed by atoms with E-state index >= 15 is 0 Å². The third-order valence-corrected chi connectivity index (χ3v) is 15.0. The zero-order valence-electron chi connectivity index (χ0n) is 37.5. The second kappa shape index (κ2) is 19.8. The molecule has 6 aromatic rings. The first-order valence-corrected chi connectivity index (χ1v) is 24.7. The minimum Gasteiger partial charge on any atom is -0.455 e. The van der Waals surface area contributed by atoms with Gasteiger partial charge in [0.2, 0.25) is 0 Å². The normalized spacial score (nSPS) is 18.0. The molecular weight excluding hydrogens is 917 g/mol. The number of ether oxygens (including phenoxy) is 3. The van der Waals surface area contributed by atoms with E-state index in [1.54, 1.807) is 47.9 Å². The van der Waals surface area contributed by atoms with Gasteiger partial charge in [0.25, 0.3) is 28.0 Å². The second-order valence-corrected chi connectivity index (χ2v) is 20.6. The molecule has 9 rings (SSSR count). The van der Waals surface area contributed by atoms with Gasteiger partial charge in [-0.15, -0.1) is 11.3 Å². The summed E-state index contributed by atoms with van der Waals surface area (Å²) < 4.78 is 73.3. The fourth-order valence-electron chi connectivity index (χ4n) is 8.84. The number of anilines is 2. The quantitative estimate of drug-likeness (QED) is 0.0656. The number of nitro benzene ring substituents is 1. The Bertz CT molecular complexity index is 2960. The summed E-state index contributed by atoms with van der Waals surface area (Å²) in [6, 6.07) is 20.6. The van der Waals surface area contributed by atoms with E-state index in [2.05, 4.69) is 55.1 Å². The van der Waals surface area contributed by atoms with Gasteiger partial charge in [0.05, 0.1) is 47.5 Å². The van der Waals surface area contributed by atoms with E-state index < -0.39 is 37.9 Å². The highest BCUT2D eigenvalue weighted by Crippen LogP contribution is 2.46. The molecule has 0 bridgehead atoms. The van der Waals surface area contributed by atoms with Crippen molar-refractivity contribution in [3.8, 4) is 22.6 Å². The number of nitro groups is 1. The van der Waals surface area contributed by atoms with E-state index in [0.717, 1.165) is 67.2 Å². The van der Waals surface area contributed by atoms with Gasteiger partial charge in [-0.1, -0.05) is 43.7 Å². The molecule has 356 valence electrons. The van der Waals surface area contributed by atoms with Gasteiger partial charge < -0.3 is 29.4 Å². The number of rotatable bonds is 15. The number of sulfonamides is 1. The van der Waals surface area contributed by atoms with Gasteiger partial charge in [0.15, 0.2) is 0 Å². The molecule has 1 atom stereocenters. The zero-order valence-corrected chi connectivity index (χ0v) is 39.1. The molecular formula is C49H51F2N7O8S2. The Morgan fingerprint density at radius 2 is 1.84 bits per heavy atom. The Labute approximate surface area is 396 Å². The number of aromatic nitrogens is 2. The fraction of sp³-hybridized carbons (Fsp3) is 0.347. The molecule has 3 aliphatic rings. The lowest BCUT2D eigenvalue weighted by Crippen LogP contribution is -2.47. The number of nitrogens with zero attached hydrogens (tertiary/aromatic N) is 4. The summed E-state index contributed by atoms with van der Waals surface area (Å²) in [5, 5.41) is 17.9. The van der Waals surface area contributed by atoms with Crippen LogP contribution in [-0.2, 0) is 19.5 Å². The summed E-state index contributed by atoms with van der Waals surface area (Å²) in [6.07, 6.45) is 3.40. The van der Waals surface area contributed by atoms with E-state index in [9.17, 15) is 32.1 Å². The number of carbonyl (C=O) groups is 1. The third kappa shape index (κ3) is 10.7. The molecule has 1 unspecified atom stereocenters. The molecule has 3 aromatic heterocycles. The number of hydrogen-bond donors (Lipinski definition) is 3. The van der Waals surface area contributed by atoms with Gasteiger partial charge in [-0.3, -0.25) is 19.8 Å². The van der Waals surface area contributed by atoms with Crippen LogP contribution in [0.2, 0.25) is 0 Å². The molecule has 68 heavy (non-hydrogen) atoms. The van der Waals surface area contributed by atoms with Crippen LogP contribution in [0.25, 0.3) is 27.7 Å². The Morgan fingerprint density at radius 3 is 2.59 bits per heavy atom. The number of nitrogens with one attached hydrogen (secondary N) is 3. The van der Waals surface area contributed by atoms with Crippen molar-refractivity contribution >= 4 is 60.9 Å². The minimum atomic E-state index is -4.61. The van der Waals surface area contributed by atoms with Crippen LogP contribution in [0.5, 0.6) is 11.5 Å². The van der Waals surface area contributed by atoms with Crippen LogP contribution in [-0.4, -0.2) is 99.3 Å². The number of hydrogen-bond acceptors (Lipinski definition) is 13. The van der Waals surface area contributed by atoms with Crippen molar-refractivity contribution in [2.24, 2.45) is 5.41 Å². The Kier molecular flexibility index (Phi) is 13.6. The topological polar surface area (TPSA) is 181 Å². The lowest BCUT2D eigenvalue weighted by Gasteiger charge is -2.39. The van der Waals surface area contributed by atoms with Crippen molar-refractivity contribution in [1.29, 1.82) is 0 Å². The largest absolute Gasteiger partial charge is 0.455 e. The van der Waals surface area contributed by atoms with E-state index in [1.165, 1.54) is 52.6 Å². The lowest BCUT2D eigenvalue weighted by molar-refractivity contribution is -0.384. The number of H-pyrrole nitrogens is 1. The molecule has 3 N–H and O–H groups in total. The Balaban J connectivity index is 0.917. The first kappa shape index (κ1) is 46.8. The van der Waals surface area contributed by atoms with E-state index in [1.807, 2.05) is 6.07 Å². The number of alkyl halides is 2. The molecule has 0 spiro atoms. The fourth-order valence-corrected chi connectivity index (χ4v) is 10.8. The molecule has 1 amide bonds. The summed E-state index contributed by atoms with van der Waals surface area (Å²) in [7, 11) is -4.61. The SMILES string of the molecule is CC1(C)CCC(CN2CCN(c3ccc(C(=O)NS(=O)(=O)c4ccc(NCC5COCCO5)c([N+](=O)[O-])c4)c(Oc4cnc5[nH]ccc5c4)c3)CC2)=C(c2cc(-c3ccc(C(F)F)cc3)cs2)C1. The number of aromatic amines is 1. The molecule has 2 saturated heterocycles. The molecule has 1 aliphatic carbocycles. The van der Waals surface area contributed by atoms with Crippen molar-refractivity contribution in [3.63, 3.8) is 0 Å². The molecule has 0 radical (unpaired) electrons. The Morgan fingerprint density at radius 1 is 1.03 bits per heavy atom. The highest BCUT2D eigenvalue weighted by molar-refractivity contribution is 7.90. The first-order valence-electron chi connectivity index (χ1n) is 22.4. The number of carbonyl (C=O) groups excluding carboxylic acids is 1. The summed E-state index contributed by atoms with van der Waals surface area (Å²) >= 11 is 1.70. The van der Waals surface area contributed by atoms with Crippen LogP contribution in [0, 0.1) is 15.5 Å². The number of allylic oxidation sites excluding steroid dienone is 1. The molecule has 19 heteroatoms. The van der Waals surface area contributed by atoms with Crippen LogP contribution in [0.15, 0.2) is 107 Å². The van der Waals surface area contributed by atoms with Crippen LogP contribution in [0.1, 0.15) is 60.3 Å². The highest BCUT2D eigenvalue weighted by Gasteiger charge is 2.31. The number of thiophene rings is 1. The molecule has 0 saturated carbocycles. The predicted octanol–water partition coefficient (Wildman–Crippen LogP) is 9.66. The summed E-state index contributed by atoms with van der Waals surface area (Å²) in [6.45, 7) is 9.67. The van der Waals surface area contributed by atoms with E-state index in [0.29, 0.717) is 44.3 Å². The molecule has 5 heterocycles. The maximum absolute atomic E-state index is 14.0. The average molecular weight is 968 g/mol. The van der Waals surface area contributed by atoms with Gasteiger partial charge in [-0.05, 0) is 89.2 Å². The number of pyridine rings is 1. The monoisotopic (exact) mass is 967 g/mol. The molecule has 3 aromatic carbocycles. The van der Waals surface area contributed by atoms with Crippen molar-refractivity contribution in [2.45, 2.75) is 50.5 Å². The van der Waals surface area contributed by atoms with Gasteiger partial charge in [-0.2, -0.15) is 0 Å². The van der Waals surface area contributed by atoms with Crippen LogP contribution >= 0.6 is 11.3 Å². The van der Waals surface area contributed by atoms with Crippen molar-refractivity contribution in [3.05, 3.63) is 128 Å². The number of fused-ring (bicyclic) bond motifs is 1. The molecule has 2 fully saturated rings. The average Bonchev–Trinajstić information content (AvgIpc) is 4.02. The molecule has 15 nitrogen and oxygen atoms in total. The van der Waals surface area contributed by atoms with Crippen LogP contribution < -0.4 is 19.7 Å². The maximum Gasteiger partial charge on any atom is 0.293 e. The summed E-state index contributed by atoms with van der Waals surface area (Å²) in [4.78, 5) is 38.2. The van der Waals surface area contributed by atoms with Gasteiger partial charge >= 0.3 is 0 Å². The first-order chi connectivity index (χ1) is 32.7. The van der Waals surface area contributed by atoms with Crippen LogP contribution in [0.3, 0.4) is 0 Å². The van der Waals surface area contributed by atoms with E-state index in [-0.39, 0.29) is 40.6 Å². The smallest absolute Gasteiger partial charge is 0.293 e. The Hall–Kier alpha value is -6.25. The maximum atomic E-state index is 14.0. The molecule has 2 aliphatic heterocycles.